The number of hydrogen-bond donors (Lipinski definition) is 0. The van der Waals surface area contributed by atoms with E-state index in [1.165, 1.54) is 138 Å². The summed E-state index contributed by atoms with van der Waals surface area (Å²) in [5, 5.41) is 10.8. The van der Waals surface area contributed by atoms with E-state index in [4.69, 9.17) is 0 Å². The van der Waals surface area contributed by atoms with Crippen molar-refractivity contribution in [3.8, 4) is 16.8 Å². The van der Waals surface area contributed by atoms with Gasteiger partial charge >= 0.3 is 6.85 Å². The van der Waals surface area contributed by atoms with E-state index in [1.54, 1.807) is 0 Å². The van der Waals surface area contributed by atoms with Gasteiger partial charge in [-0.15, -0.1) is 34.0 Å². The minimum atomic E-state index is -0.0862. The fraction of sp³-hybridized carbons (Fsp3) is 0.200. The Labute approximate surface area is 397 Å². The van der Waals surface area contributed by atoms with E-state index in [2.05, 4.69) is 205 Å². The Bertz CT molecular complexity index is 4120. The largest absolute Gasteiger partial charge is 0.376 e. The molecule has 14 rings (SSSR count). The van der Waals surface area contributed by atoms with Gasteiger partial charge in [0.25, 0.3) is 0 Å². The van der Waals surface area contributed by atoms with Gasteiger partial charge in [-0.2, -0.15) is 0 Å². The Morgan fingerprint density at radius 1 is 0.439 bits per heavy atom. The number of nitrogens with zero attached hydrogens (tertiary/aromatic N) is 2. The summed E-state index contributed by atoms with van der Waals surface area (Å²) >= 11 is 5.86. The lowest BCUT2D eigenvalue weighted by Gasteiger charge is -2.42. The highest BCUT2D eigenvalue weighted by Gasteiger charge is 2.46. The summed E-state index contributed by atoms with van der Waals surface area (Å²) in [6.45, 7) is 20.9. The minimum absolute atomic E-state index is 0.00327. The van der Waals surface area contributed by atoms with Crippen molar-refractivity contribution in [2.24, 2.45) is 0 Å². The molecule has 12 aromatic rings. The molecule has 0 saturated heterocycles. The SMILES string of the molecule is CC(C)(C)c1ccc(N2B3c4cc5sc6ccccc6c5cc4-n4c5ccc(C(C)(C)C)cc5c5c6sc7ccccc7c6c(c3c54)-c3cc4sc5cc(C(C)(C)C)ccc5c4cc32)cc1. The highest BCUT2D eigenvalue weighted by molar-refractivity contribution is 7.27. The number of benzene rings is 8. The summed E-state index contributed by atoms with van der Waals surface area (Å²) in [5.41, 5.74) is 16.1. The van der Waals surface area contributed by atoms with Crippen LogP contribution in [-0.2, 0) is 16.2 Å². The topological polar surface area (TPSA) is 8.17 Å². The van der Waals surface area contributed by atoms with Gasteiger partial charge in [0.1, 0.15) is 0 Å². The molecule has 0 atom stereocenters. The molecule has 0 radical (unpaired) electrons. The number of aromatic nitrogens is 1. The van der Waals surface area contributed by atoms with Crippen LogP contribution in [0.1, 0.15) is 79.0 Å². The summed E-state index contributed by atoms with van der Waals surface area (Å²) in [6.07, 6.45) is 0. The first kappa shape index (κ1) is 39.3. The summed E-state index contributed by atoms with van der Waals surface area (Å²) in [5.74, 6) is 0. The lowest BCUT2D eigenvalue weighted by molar-refractivity contribution is 0.590. The minimum Gasteiger partial charge on any atom is -0.376 e. The van der Waals surface area contributed by atoms with Crippen LogP contribution in [-0.4, -0.2) is 11.4 Å². The standard InChI is InChI=1S/C60H49BN2S3/c1-58(2,3)32-18-22-35(23-19-32)63-45-28-39-37-24-20-34(60(7,8)9)27-49(37)65-50(39)30-42(45)52-53-38-15-11-13-17-48(38)66-57(53)54-41-26-33(59(4,5)6)21-25-44(41)62-46-29-40-36-14-10-12-16-47(36)64-51(40)31-43(46)61(63)55(52)56(54)62/h10-31H,1-9H3. The second-order valence-corrected chi connectivity index (χ2v) is 25.4. The van der Waals surface area contributed by atoms with Gasteiger partial charge in [0.05, 0.1) is 11.0 Å². The summed E-state index contributed by atoms with van der Waals surface area (Å²) in [4.78, 5) is 2.75. The van der Waals surface area contributed by atoms with Crippen LogP contribution in [0.3, 0.4) is 0 Å². The number of rotatable bonds is 1. The molecular weight excluding hydrogens is 856 g/mol. The first-order valence-corrected chi connectivity index (χ1v) is 25.9. The summed E-state index contributed by atoms with van der Waals surface area (Å²) in [7, 11) is 0. The molecule has 6 heterocycles. The zero-order valence-electron chi connectivity index (χ0n) is 38.9. The highest BCUT2D eigenvalue weighted by atomic mass is 32.1. The molecule has 8 aromatic carbocycles. The Morgan fingerprint density at radius 2 is 1.02 bits per heavy atom. The van der Waals surface area contributed by atoms with Crippen molar-refractivity contribution in [3.63, 3.8) is 0 Å². The first-order chi connectivity index (χ1) is 31.6. The molecule has 2 nitrogen and oxygen atoms in total. The Balaban J connectivity index is 1.22. The molecule has 6 heteroatoms. The van der Waals surface area contributed by atoms with Gasteiger partial charge in [-0.3, -0.25) is 0 Å². The van der Waals surface area contributed by atoms with Crippen LogP contribution >= 0.6 is 34.0 Å². The first-order valence-electron chi connectivity index (χ1n) is 23.4. The number of thiophene rings is 3. The van der Waals surface area contributed by atoms with Gasteiger partial charge in [0, 0.05) is 93.9 Å². The predicted molar refractivity (Wildman–Crippen MR) is 295 cm³/mol. The van der Waals surface area contributed by atoms with Gasteiger partial charge in [0.2, 0.25) is 0 Å². The van der Waals surface area contributed by atoms with Crippen molar-refractivity contribution < 1.29 is 0 Å². The van der Waals surface area contributed by atoms with Crippen molar-refractivity contribution in [1.82, 2.24) is 4.57 Å². The monoisotopic (exact) mass is 904 g/mol. The number of hydrogen-bond acceptors (Lipinski definition) is 4. The lowest BCUT2D eigenvalue weighted by atomic mass is 9.43. The van der Waals surface area contributed by atoms with Crippen LogP contribution in [0.2, 0.25) is 0 Å². The zero-order valence-corrected chi connectivity index (χ0v) is 41.3. The smallest absolute Gasteiger partial charge is 0.333 e. The van der Waals surface area contributed by atoms with E-state index < -0.39 is 0 Å². The van der Waals surface area contributed by atoms with Gasteiger partial charge in [-0.1, -0.05) is 129 Å². The Kier molecular flexibility index (Phi) is 7.70. The molecule has 320 valence electrons. The molecule has 66 heavy (non-hydrogen) atoms. The Morgan fingerprint density at radius 3 is 1.74 bits per heavy atom. The fourth-order valence-electron chi connectivity index (χ4n) is 11.6. The van der Waals surface area contributed by atoms with E-state index in [0.29, 0.717) is 0 Å². The Hall–Kier alpha value is -5.92. The fourth-order valence-corrected chi connectivity index (χ4v) is 15.2. The number of anilines is 2. The summed E-state index contributed by atoms with van der Waals surface area (Å²) < 4.78 is 10.8. The maximum absolute atomic E-state index is 2.75. The van der Waals surface area contributed by atoms with Crippen LogP contribution in [0.25, 0.3) is 99.1 Å². The second-order valence-electron chi connectivity index (χ2n) is 22.1. The normalized spacial score (nSPS) is 14.1. The molecule has 0 N–H and O–H groups in total. The van der Waals surface area contributed by atoms with Crippen LogP contribution < -0.4 is 15.7 Å². The average Bonchev–Trinajstić information content (AvgIpc) is 4.04. The third-order valence-electron chi connectivity index (χ3n) is 15.0. The molecule has 0 spiro atoms. The quantitative estimate of drug-likeness (QED) is 0.149. The molecule has 0 bridgehead atoms. The molecule has 0 aliphatic carbocycles. The lowest BCUT2D eigenvalue weighted by Crippen LogP contribution is -2.60. The maximum atomic E-state index is 2.75. The van der Waals surface area contributed by atoms with Crippen molar-refractivity contribution >= 4 is 145 Å². The van der Waals surface area contributed by atoms with Crippen LogP contribution in [0, 0.1) is 0 Å². The molecule has 0 unspecified atom stereocenters. The zero-order chi connectivity index (χ0) is 44.9. The highest BCUT2D eigenvalue weighted by Crippen LogP contribution is 2.55. The molecule has 0 saturated carbocycles. The molecule has 0 fully saturated rings. The van der Waals surface area contributed by atoms with Gasteiger partial charge < -0.3 is 9.38 Å². The summed E-state index contributed by atoms with van der Waals surface area (Å²) in [6, 6.07) is 52.7. The van der Waals surface area contributed by atoms with Crippen LogP contribution in [0.4, 0.5) is 11.4 Å². The predicted octanol–water partition coefficient (Wildman–Crippen LogP) is 17.0. The van der Waals surface area contributed by atoms with Crippen molar-refractivity contribution in [2.75, 3.05) is 4.81 Å². The average molecular weight is 905 g/mol. The van der Waals surface area contributed by atoms with E-state index >= 15 is 0 Å². The van der Waals surface area contributed by atoms with E-state index in [-0.39, 0.29) is 23.1 Å². The molecular formula is C60H49BN2S3. The van der Waals surface area contributed by atoms with Crippen molar-refractivity contribution in [2.45, 2.75) is 78.6 Å². The van der Waals surface area contributed by atoms with Crippen LogP contribution in [0.5, 0.6) is 0 Å². The van der Waals surface area contributed by atoms with Gasteiger partial charge in [-0.05, 0) is 116 Å². The third kappa shape index (κ3) is 5.24. The molecule has 2 aliphatic rings. The van der Waals surface area contributed by atoms with Crippen molar-refractivity contribution in [3.05, 3.63) is 150 Å². The molecule has 0 amide bonds. The second kappa shape index (κ2) is 12.9. The van der Waals surface area contributed by atoms with Gasteiger partial charge in [-0.25, -0.2) is 0 Å². The third-order valence-corrected chi connectivity index (χ3v) is 18.5. The van der Waals surface area contributed by atoms with E-state index in [9.17, 15) is 0 Å². The number of fused-ring (bicyclic) bond motifs is 19. The van der Waals surface area contributed by atoms with Gasteiger partial charge in [0.15, 0.2) is 0 Å². The van der Waals surface area contributed by atoms with E-state index in [0.717, 1.165) is 0 Å². The van der Waals surface area contributed by atoms with Crippen molar-refractivity contribution in [1.29, 1.82) is 0 Å². The molecule has 4 aromatic heterocycles. The van der Waals surface area contributed by atoms with E-state index in [1.807, 2.05) is 34.0 Å². The molecule has 2 aliphatic heterocycles. The maximum Gasteiger partial charge on any atom is 0.333 e. The van der Waals surface area contributed by atoms with Crippen LogP contribution in [0.15, 0.2) is 133 Å².